The number of ether oxygens (including phenoxy) is 2. The molecular formula is C14H24O4. The highest BCUT2D eigenvalue weighted by Crippen LogP contribution is 2.05. The van der Waals surface area contributed by atoms with E-state index in [0.29, 0.717) is 12.8 Å². The first kappa shape index (κ1) is 16.7. The zero-order chi connectivity index (χ0) is 13.6. The maximum absolute atomic E-state index is 10.8. The minimum absolute atomic E-state index is 0.137. The second kappa shape index (κ2) is 12.1. The normalized spacial score (nSPS) is 10.6. The first-order valence-electron chi connectivity index (χ1n) is 6.49. The van der Waals surface area contributed by atoms with Crippen LogP contribution in [0.25, 0.3) is 0 Å². The predicted octanol–water partition coefficient (Wildman–Crippen LogP) is 3.01. The molecule has 0 radical (unpaired) electrons. The van der Waals surface area contributed by atoms with Crippen LogP contribution >= 0.6 is 0 Å². The van der Waals surface area contributed by atoms with Crippen molar-refractivity contribution in [1.82, 2.24) is 0 Å². The Morgan fingerprint density at radius 2 is 1.17 bits per heavy atom. The smallest absolute Gasteiger partial charge is 0.305 e. The van der Waals surface area contributed by atoms with E-state index in [2.05, 4.69) is 21.6 Å². The molecule has 0 fully saturated rings. The van der Waals surface area contributed by atoms with Crippen LogP contribution in [-0.2, 0) is 19.1 Å². The van der Waals surface area contributed by atoms with Gasteiger partial charge in [0.1, 0.15) is 0 Å². The van der Waals surface area contributed by atoms with E-state index < -0.39 is 0 Å². The fraction of sp³-hybridized carbons (Fsp3) is 0.714. The number of carbonyl (C=O) groups excluding carboxylic acids is 2. The number of hydrogen-bond donors (Lipinski definition) is 0. The van der Waals surface area contributed by atoms with Gasteiger partial charge in [-0.2, -0.15) is 0 Å². The molecule has 0 rings (SSSR count). The Balaban J connectivity index is 3.23. The molecule has 0 aromatic carbocycles. The topological polar surface area (TPSA) is 52.6 Å². The molecular weight excluding hydrogens is 232 g/mol. The maximum Gasteiger partial charge on any atom is 0.305 e. The largest absolute Gasteiger partial charge is 0.469 e. The van der Waals surface area contributed by atoms with E-state index in [4.69, 9.17) is 0 Å². The molecule has 104 valence electrons. The van der Waals surface area contributed by atoms with Crippen molar-refractivity contribution in [1.29, 1.82) is 0 Å². The monoisotopic (exact) mass is 256 g/mol. The lowest BCUT2D eigenvalue weighted by atomic mass is 10.1. The first-order chi connectivity index (χ1) is 8.70. The molecule has 0 N–H and O–H groups in total. The van der Waals surface area contributed by atoms with Crippen LogP contribution in [-0.4, -0.2) is 26.2 Å². The molecule has 0 atom stereocenters. The number of carbonyl (C=O) groups is 2. The number of esters is 2. The van der Waals surface area contributed by atoms with Crippen molar-refractivity contribution in [2.45, 2.75) is 51.4 Å². The molecule has 0 bridgehead atoms. The average molecular weight is 256 g/mol. The van der Waals surface area contributed by atoms with Crippen molar-refractivity contribution >= 4 is 11.9 Å². The molecule has 0 heterocycles. The quantitative estimate of drug-likeness (QED) is 0.342. The van der Waals surface area contributed by atoms with Gasteiger partial charge >= 0.3 is 11.9 Å². The lowest BCUT2D eigenvalue weighted by Gasteiger charge is -1.98. The van der Waals surface area contributed by atoms with Gasteiger partial charge in [-0.3, -0.25) is 9.59 Å². The van der Waals surface area contributed by atoms with Gasteiger partial charge in [0.15, 0.2) is 0 Å². The number of methoxy groups -OCH3 is 2. The van der Waals surface area contributed by atoms with Gasteiger partial charge in [-0.25, -0.2) is 0 Å². The summed E-state index contributed by atoms with van der Waals surface area (Å²) in [4.78, 5) is 21.6. The first-order valence-corrected chi connectivity index (χ1v) is 6.49. The van der Waals surface area contributed by atoms with Crippen molar-refractivity contribution in [3.05, 3.63) is 12.2 Å². The third kappa shape index (κ3) is 11.2. The summed E-state index contributed by atoms with van der Waals surface area (Å²) in [7, 11) is 2.83. The molecule has 0 amide bonds. The molecule has 0 spiro atoms. The SMILES string of the molecule is COC(=O)CCCC/C=C/CCCCC(=O)OC. The second-order valence-corrected chi connectivity index (χ2v) is 4.12. The Hall–Kier alpha value is -1.32. The Morgan fingerprint density at radius 1 is 0.778 bits per heavy atom. The molecule has 0 saturated carbocycles. The summed E-state index contributed by atoms with van der Waals surface area (Å²) in [6.07, 6.45) is 11.0. The predicted molar refractivity (Wildman–Crippen MR) is 70.1 cm³/mol. The van der Waals surface area contributed by atoms with Crippen LogP contribution in [0.15, 0.2) is 12.2 Å². The molecule has 0 aromatic rings. The Kier molecular flexibility index (Phi) is 11.3. The van der Waals surface area contributed by atoms with E-state index in [1.165, 1.54) is 14.2 Å². The standard InChI is InChI=1S/C14H24O4/c1-17-13(15)11-9-7-5-3-4-6-8-10-12-14(16)18-2/h3-4H,5-12H2,1-2H3/b4-3+. The van der Waals surface area contributed by atoms with Crippen LogP contribution in [0, 0.1) is 0 Å². The number of rotatable bonds is 10. The summed E-state index contributed by atoms with van der Waals surface area (Å²) in [5.41, 5.74) is 0. The average Bonchev–Trinajstić information content (AvgIpc) is 2.40. The van der Waals surface area contributed by atoms with Crippen molar-refractivity contribution in [2.75, 3.05) is 14.2 Å². The highest BCUT2D eigenvalue weighted by Gasteiger charge is 1.98. The molecule has 0 aliphatic heterocycles. The van der Waals surface area contributed by atoms with E-state index in [0.717, 1.165) is 38.5 Å². The van der Waals surface area contributed by atoms with Crippen molar-refractivity contribution in [3.63, 3.8) is 0 Å². The van der Waals surface area contributed by atoms with Crippen molar-refractivity contribution < 1.29 is 19.1 Å². The molecule has 18 heavy (non-hydrogen) atoms. The van der Waals surface area contributed by atoms with Crippen molar-refractivity contribution in [3.8, 4) is 0 Å². The highest BCUT2D eigenvalue weighted by atomic mass is 16.5. The van der Waals surface area contributed by atoms with Gasteiger partial charge in [-0.1, -0.05) is 12.2 Å². The van der Waals surface area contributed by atoms with E-state index in [-0.39, 0.29) is 11.9 Å². The summed E-state index contributed by atoms with van der Waals surface area (Å²) < 4.78 is 9.11. The Bertz CT molecular complexity index is 233. The summed E-state index contributed by atoms with van der Waals surface area (Å²) >= 11 is 0. The van der Waals surface area contributed by atoms with Gasteiger partial charge in [-0.05, 0) is 38.5 Å². The van der Waals surface area contributed by atoms with Crippen LogP contribution in [0.5, 0.6) is 0 Å². The van der Waals surface area contributed by atoms with E-state index in [9.17, 15) is 9.59 Å². The van der Waals surface area contributed by atoms with E-state index in [1.807, 2.05) is 0 Å². The molecule has 0 aliphatic carbocycles. The molecule has 4 heteroatoms. The van der Waals surface area contributed by atoms with Gasteiger partial charge in [0, 0.05) is 12.8 Å². The zero-order valence-corrected chi connectivity index (χ0v) is 11.4. The van der Waals surface area contributed by atoms with Gasteiger partial charge in [-0.15, -0.1) is 0 Å². The van der Waals surface area contributed by atoms with E-state index in [1.54, 1.807) is 0 Å². The number of allylic oxidation sites excluding steroid dienone is 2. The molecule has 0 unspecified atom stereocenters. The molecule has 0 aromatic heterocycles. The fourth-order valence-electron chi connectivity index (χ4n) is 1.50. The Labute approximate surface area is 109 Å². The Morgan fingerprint density at radius 3 is 1.50 bits per heavy atom. The molecule has 4 nitrogen and oxygen atoms in total. The van der Waals surface area contributed by atoms with Gasteiger partial charge in [0.25, 0.3) is 0 Å². The molecule has 0 aliphatic rings. The fourth-order valence-corrected chi connectivity index (χ4v) is 1.50. The lowest BCUT2D eigenvalue weighted by Crippen LogP contribution is -1.99. The van der Waals surface area contributed by atoms with Crippen LogP contribution in [0.1, 0.15) is 51.4 Å². The van der Waals surface area contributed by atoms with Crippen molar-refractivity contribution in [2.24, 2.45) is 0 Å². The summed E-state index contributed by atoms with van der Waals surface area (Å²) in [6, 6.07) is 0. The zero-order valence-electron chi connectivity index (χ0n) is 11.4. The minimum atomic E-state index is -0.137. The van der Waals surface area contributed by atoms with Gasteiger partial charge in [0.2, 0.25) is 0 Å². The van der Waals surface area contributed by atoms with Crippen LogP contribution < -0.4 is 0 Å². The summed E-state index contributed by atoms with van der Waals surface area (Å²) in [6.45, 7) is 0. The lowest BCUT2D eigenvalue weighted by molar-refractivity contribution is -0.141. The molecule has 0 saturated heterocycles. The third-order valence-electron chi connectivity index (χ3n) is 2.63. The summed E-state index contributed by atoms with van der Waals surface area (Å²) in [5, 5.41) is 0. The summed E-state index contributed by atoms with van der Waals surface area (Å²) in [5.74, 6) is -0.274. The second-order valence-electron chi connectivity index (χ2n) is 4.12. The third-order valence-corrected chi connectivity index (χ3v) is 2.63. The van der Waals surface area contributed by atoms with Crippen LogP contribution in [0.3, 0.4) is 0 Å². The van der Waals surface area contributed by atoms with E-state index >= 15 is 0 Å². The minimum Gasteiger partial charge on any atom is -0.469 e. The highest BCUT2D eigenvalue weighted by molar-refractivity contribution is 5.69. The van der Waals surface area contributed by atoms with Gasteiger partial charge < -0.3 is 9.47 Å². The number of unbranched alkanes of at least 4 members (excludes halogenated alkanes) is 4. The number of hydrogen-bond acceptors (Lipinski definition) is 4. The van der Waals surface area contributed by atoms with Crippen LogP contribution in [0.2, 0.25) is 0 Å². The van der Waals surface area contributed by atoms with Crippen LogP contribution in [0.4, 0.5) is 0 Å². The van der Waals surface area contributed by atoms with Gasteiger partial charge in [0.05, 0.1) is 14.2 Å². The maximum atomic E-state index is 10.8.